The average Bonchev–Trinajstić information content (AvgIpc) is 2.62. The van der Waals surface area contributed by atoms with Gasteiger partial charge in [-0.05, 0) is 54.5 Å². The van der Waals surface area contributed by atoms with E-state index in [4.69, 9.17) is 0 Å². The van der Waals surface area contributed by atoms with Gasteiger partial charge in [0.2, 0.25) is 5.91 Å². The van der Waals surface area contributed by atoms with E-state index >= 15 is 0 Å². The molecule has 0 heterocycles. The van der Waals surface area contributed by atoms with Gasteiger partial charge in [-0.2, -0.15) is 0 Å². The number of carbonyl (C=O) groups excluding carboxylic acids is 1. The minimum absolute atomic E-state index is 0.000430. The summed E-state index contributed by atoms with van der Waals surface area (Å²) < 4.78 is 0. The fourth-order valence-corrected chi connectivity index (χ4v) is 3.44. The Labute approximate surface area is 144 Å². The fourth-order valence-electron chi connectivity index (χ4n) is 3.44. The molecule has 2 atom stereocenters. The molecule has 0 saturated carbocycles. The van der Waals surface area contributed by atoms with Gasteiger partial charge in [0, 0.05) is 24.7 Å². The molecule has 0 aromatic heterocycles. The molecule has 2 aromatic carbocycles. The van der Waals surface area contributed by atoms with Gasteiger partial charge in [0.25, 0.3) is 0 Å². The lowest BCUT2D eigenvalue weighted by atomic mass is 9.87. The Bertz CT molecular complexity index is 696. The van der Waals surface area contributed by atoms with E-state index in [0.29, 0.717) is 0 Å². The van der Waals surface area contributed by atoms with E-state index in [2.05, 4.69) is 41.0 Å². The molecule has 2 aromatic rings. The molecule has 0 aliphatic heterocycles. The van der Waals surface area contributed by atoms with Crippen LogP contribution in [0.4, 0.5) is 5.69 Å². The van der Waals surface area contributed by atoms with Crippen molar-refractivity contribution in [2.24, 2.45) is 5.92 Å². The van der Waals surface area contributed by atoms with Crippen LogP contribution in [0.5, 0.6) is 0 Å². The molecule has 0 spiro atoms. The van der Waals surface area contributed by atoms with Gasteiger partial charge in [-0.3, -0.25) is 4.79 Å². The number of aryl methyl sites for hydroxylation is 1. The molecule has 0 fully saturated rings. The quantitative estimate of drug-likeness (QED) is 0.883. The van der Waals surface area contributed by atoms with Crippen molar-refractivity contribution in [3.05, 3.63) is 65.2 Å². The summed E-state index contributed by atoms with van der Waals surface area (Å²) in [4.78, 5) is 12.5. The highest BCUT2D eigenvalue weighted by Gasteiger charge is 2.22. The third kappa shape index (κ3) is 3.97. The molecular formula is C21H26N2O. The normalized spacial score (nSPS) is 17.7. The monoisotopic (exact) mass is 322 g/mol. The summed E-state index contributed by atoms with van der Waals surface area (Å²) in [6.45, 7) is 2.01. The highest BCUT2D eigenvalue weighted by molar-refractivity contribution is 5.79. The first-order valence-corrected chi connectivity index (χ1v) is 8.79. The lowest BCUT2D eigenvalue weighted by Crippen LogP contribution is -2.41. The molecule has 24 heavy (non-hydrogen) atoms. The number of anilines is 1. The van der Waals surface area contributed by atoms with Crippen LogP contribution in [0.15, 0.2) is 48.5 Å². The SMILES string of the molecule is CNc1ccc2c(c1)CCC(NC(=O)C(C)Cc1ccccc1)C2. The Morgan fingerprint density at radius 1 is 1.17 bits per heavy atom. The van der Waals surface area contributed by atoms with Crippen molar-refractivity contribution in [3.8, 4) is 0 Å². The Morgan fingerprint density at radius 3 is 2.71 bits per heavy atom. The maximum atomic E-state index is 12.5. The van der Waals surface area contributed by atoms with E-state index in [1.54, 1.807) is 0 Å². The van der Waals surface area contributed by atoms with Gasteiger partial charge in [0.05, 0.1) is 0 Å². The maximum Gasteiger partial charge on any atom is 0.223 e. The molecule has 126 valence electrons. The summed E-state index contributed by atoms with van der Waals surface area (Å²) >= 11 is 0. The molecule has 1 amide bonds. The van der Waals surface area contributed by atoms with Crippen LogP contribution < -0.4 is 10.6 Å². The van der Waals surface area contributed by atoms with Gasteiger partial charge in [-0.1, -0.05) is 43.3 Å². The van der Waals surface area contributed by atoms with Gasteiger partial charge in [-0.25, -0.2) is 0 Å². The molecule has 1 aliphatic rings. The number of fused-ring (bicyclic) bond motifs is 1. The summed E-state index contributed by atoms with van der Waals surface area (Å²) in [5, 5.41) is 6.44. The zero-order valence-corrected chi connectivity index (χ0v) is 14.5. The van der Waals surface area contributed by atoms with Crippen molar-refractivity contribution in [1.29, 1.82) is 0 Å². The molecular weight excluding hydrogens is 296 g/mol. The summed E-state index contributed by atoms with van der Waals surface area (Å²) in [5.41, 5.74) is 5.15. The van der Waals surface area contributed by atoms with Crippen LogP contribution in [-0.4, -0.2) is 19.0 Å². The number of hydrogen-bond donors (Lipinski definition) is 2. The van der Waals surface area contributed by atoms with Crippen LogP contribution >= 0.6 is 0 Å². The van der Waals surface area contributed by atoms with Crippen LogP contribution in [0, 0.1) is 5.92 Å². The molecule has 3 nitrogen and oxygen atoms in total. The van der Waals surface area contributed by atoms with E-state index in [1.165, 1.54) is 16.7 Å². The summed E-state index contributed by atoms with van der Waals surface area (Å²) in [6, 6.07) is 17.0. The second kappa shape index (κ2) is 7.52. The van der Waals surface area contributed by atoms with Gasteiger partial charge in [0.1, 0.15) is 0 Å². The zero-order chi connectivity index (χ0) is 16.9. The number of amides is 1. The first-order chi connectivity index (χ1) is 11.7. The minimum Gasteiger partial charge on any atom is -0.388 e. The minimum atomic E-state index is 0.000430. The van der Waals surface area contributed by atoms with Crippen molar-refractivity contribution in [1.82, 2.24) is 5.32 Å². The molecule has 1 aliphatic carbocycles. The van der Waals surface area contributed by atoms with E-state index < -0.39 is 0 Å². The molecule has 0 saturated heterocycles. The Hall–Kier alpha value is -2.29. The largest absolute Gasteiger partial charge is 0.388 e. The zero-order valence-electron chi connectivity index (χ0n) is 14.5. The standard InChI is InChI=1S/C21H26N2O/c1-15(12-16-6-4-3-5-7-16)21(24)23-20-11-9-17-13-19(22-2)10-8-18(17)14-20/h3-8,10,13,15,20,22H,9,11-12,14H2,1-2H3,(H,23,24). The highest BCUT2D eigenvalue weighted by Crippen LogP contribution is 2.24. The predicted octanol–water partition coefficient (Wildman–Crippen LogP) is 3.58. The van der Waals surface area contributed by atoms with Crippen molar-refractivity contribution >= 4 is 11.6 Å². The van der Waals surface area contributed by atoms with Crippen LogP contribution in [0.25, 0.3) is 0 Å². The van der Waals surface area contributed by atoms with Crippen molar-refractivity contribution in [3.63, 3.8) is 0 Å². The Kier molecular flexibility index (Phi) is 5.19. The predicted molar refractivity (Wildman–Crippen MR) is 99.3 cm³/mol. The molecule has 0 radical (unpaired) electrons. The van der Waals surface area contributed by atoms with Gasteiger partial charge in [0.15, 0.2) is 0 Å². The second-order valence-corrected chi connectivity index (χ2v) is 6.77. The average molecular weight is 322 g/mol. The number of nitrogens with one attached hydrogen (secondary N) is 2. The lowest BCUT2D eigenvalue weighted by molar-refractivity contribution is -0.125. The maximum absolute atomic E-state index is 12.5. The van der Waals surface area contributed by atoms with E-state index in [9.17, 15) is 4.79 Å². The van der Waals surface area contributed by atoms with Crippen molar-refractivity contribution in [2.75, 3.05) is 12.4 Å². The number of rotatable bonds is 5. The van der Waals surface area contributed by atoms with Crippen LogP contribution in [0.3, 0.4) is 0 Å². The summed E-state index contributed by atoms with van der Waals surface area (Å²) in [7, 11) is 1.95. The van der Waals surface area contributed by atoms with Crippen molar-refractivity contribution in [2.45, 2.75) is 38.6 Å². The van der Waals surface area contributed by atoms with Crippen LogP contribution in [0.2, 0.25) is 0 Å². The van der Waals surface area contributed by atoms with Gasteiger partial charge < -0.3 is 10.6 Å². The summed E-state index contributed by atoms with van der Waals surface area (Å²) in [5.74, 6) is 0.166. The van der Waals surface area contributed by atoms with Crippen LogP contribution in [-0.2, 0) is 24.1 Å². The number of hydrogen-bond acceptors (Lipinski definition) is 2. The molecule has 2 unspecified atom stereocenters. The molecule has 3 heteroatoms. The molecule has 0 bridgehead atoms. The third-order valence-electron chi connectivity index (χ3n) is 4.90. The van der Waals surface area contributed by atoms with Crippen molar-refractivity contribution < 1.29 is 4.79 Å². The molecule has 3 rings (SSSR count). The Morgan fingerprint density at radius 2 is 1.96 bits per heavy atom. The number of carbonyl (C=O) groups is 1. The highest BCUT2D eigenvalue weighted by atomic mass is 16.1. The van der Waals surface area contributed by atoms with E-state index in [-0.39, 0.29) is 17.9 Å². The van der Waals surface area contributed by atoms with Gasteiger partial charge in [-0.15, -0.1) is 0 Å². The third-order valence-corrected chi connectivity index (χ3v) is 4.90. The first kappa shape index (κ1) is 16.6. The van der Waals surface area contributed by atoms with E-state index in [1.807, 2.05) is 32.2 Å². The van der Waals surface area contributed by atoms with Gasteiger partial charge >= 0.3 is 0 Å². The Balaban J connectivity index is 1.57. The summed E-state index contributed by atoms with van der Waals surface area (Å²) in [6.07, 6.45) is 3.78. The van der Waals surface area contributed by atoms with E-state index in [0.717, 1.165) is 31.4 Å². The van der Waals surface area contributed by atoms with Crippen LogP contribution in [0.1, 0.15) is 30.0 Å². The second-order valence-electron chi connectivity index (χ2n) is 6.77. The topological polar surface area (TPSA) is 41.1 Å². The first-order valence-electron chi connectivity index (χ1n) is 8.79. The smallest absolute Gasteiger partial charge is 0.223 e. The fraction of sp³-hybridized carbons (Fsp3) is 0.381. The molecule has 2 N–H and O–H groups in total. The number of benzene rings is 2. The lowest BCUT2D eigenvalue weighted by Gasteiger charge is -2.27.